The Bertz CT molecular complexity index is 680. The summed E-state index contributed by atoms with van der Waals surface area (Å²) in [6.07, 6.45) is 1.96. The normalized spacial score (nSPS) is 15.3. The van der Waals surface area contributed by atoms with Crippen LogP contribution in [0, 0.1) is 0 Å². The van der Waals surface area contributed by atoms with E-state index in [0.717, 1.165) is 39.6 Å². The van der Waals surface area contributed by atoms with Crippen LogP contribution in [0.3, 0.4) is 0 Å². The van der Waals surface area contributed by atoms with Crippen molar-refractivity contribution in [2.75, 3.05) is 6.54 Å². The number of halogens is 1. The van der Waals surface area contributed by atoms with Crippen molar-refractivity contribution in [3.05, 3.63) is 41.2 Å². The SMILES string of the molecule is CC1=NC(c2cc3cc(Cl)ccc3n2C)=CNC1. The molecule has 3 nitrogen and oxygen atoms in total. The van der Waals surface area contributed by atoms with Gasteiger partial charge in [0.2, 0.25) is 0 Å². The zero-order chi connectivity index (χ0) is 12.7. The van der Waals surface area contributed by atoms with Crippen molar-refractivity contribution in [1.82, 2.24) is 9.88 Å². The first-order valence-corrected chi connectivity index (χ1v) is 6.26. The Balaban J connectivity index is 2.18. The van der Waals surface area contributed by atoms with Crippen molar-refractivity contribution < 1.29 is 0 Å². The Kier molecular flexibility index (Phi) is 2.63. The molecule has 18 heavy (non-hydrogen) atoms. The molecule has 0 aliphatic carbocycles. The standard InChI is InChI=1S/C14H14ClN3/c1-9-7-16-8-12(17-9)14-6-10-5-11(15)3-4-13(10)18(14)2/h3-6,8,16H,7H2,1-2H3. The molecule has 0 saturated carbocycles. The molecule has 3 rings (SSSR count). The van der Waals surface area contributed by atoms with Crippen molar-refractivity contribution in [2.45, 2.75) is 6.92 Å². The van der Waals surface area contributed by atoms with E-state index in [9.17, 15) is 0 Å². The summed E-state index contributed by atoms with van der Waals surface area (Å²) in [7, 11) is 2.05. The van der Waals surface area contributed by atoms with E-state index in [1.54, 1.807) is 0 Å². The lowest BCUT2D eigenvalue weighted by Crippen LogP contribution is -2.20. The number of aliphatic imine (C=N–C) groups is 1. The number of hydrogen-bond acceptors (Lipinski definition) is 2. The molecule has 1 N–H and O–H groups in total. The molecular weight excluding hydrogens is 246 g/mol. The molecular formula is C14H14ClN3. The molecule has 2 heterocycles. The number of fused-ring (bicyclic) bond motifs is 1. The van der Waals surface area contributed by atoms with Crippen LogP contribution in [-0.4, -0.2) is 16.8 Å². The fourth-order valence-electron chi connectivity index (χ4n) is 2.27. The van der Waals surface area contributed by atoms with Crippen LogP contribution in [-0.2, 0) is 7.05 Å². The molecule has 0 atom stereocenters. The van der Waals surface area contributed by atoms with E-state index in [2.05, 4.69) is 20.9 Å². The largest absolute Gasteiger partial charge is 0.384 e. The molecule has 0 bridgehead atoms. The molecule has 4 heteroatoms. The molecule has 0 radical (unpaired) electrons. The lowest BCUT2D eigenvalue weighted by Gasteiger charge is -2.12. The van der Waals surface area contributed by atoms with Gasteiger partial charge in [-0.2, -0.15) is 0 Å². The molecule has 0 unspecified atom stereocenters. The van der Waals surface area contributed by atoms with Crippen LogP contribution in [0.2, 0.25) is 5.02 Å². The third-order valence-electron chi connectivity index (χ3n) is 3.17. The minimum absolute atomic E-state index is 0.759. The lowest BCUT2D eigenvalue weighted by molar-refractivity contribution is 0.927. The maximum absolute atomic E-state index is 6.03. The van der Waals surface area contributed by atoms with Gasteiger partial charge in [0, 0.05) is 34.9 Å². The Hall–Kier alpha value is -1.74. The fraction of sp³-hybridized carbons (Fsp3) is 0.214. The average molecular weight is 260 g/mol. The number of aromatic nitrogens is 1. The first kappa shape index (κ1) is 11.4. The van der Waals surface area contributed by atoms with E-state index in [1.807, 2.05) is 38.4 Å². The van der Waals surface area contributed by atoms with Crippen LogP contribution in [0.1, 0.15) is 12.6 Å². The second-order valence-corrected chi connectivity index (χ2v) is 4.99. The van der Waals surface area contributed by atoms with Gasteiger partial charge in [0.15, 0.2) is 0 Å². The number of rotatable bonds is 1. The molecule has 1 aromatic heterocycles. The van der Waals surface area contributed by atoms with Crippen LogP contribution >= 0.6 is 11.6 Å². The smallest absolute Gasteiger partial charge is 0.102 e. The van der Waals surface area contributed by atoms with Crippen LogP contribution in [0.15, 0.2) is 35.5 Å². The van der Waals surface area contributed by atoms with Crippen molar-refractivity contribution >= 4 is 33.9 Å². The van der Waals surface area contributed by atoms with Crippen LogP contribution < -0.4 is 5.32 Å². The summed E-state index contributed by atoms with van der Waals surface area (Å²) in [5, 5.41) is 5.13. The molecule has 0 amide bonds. The Morgan fingerprint density at radius 2 is 2.17 bits per heavy atom. The zero-order valence-corrected chi connectivity index (χ0v) is 11.1. The molecule has 1 aromatic carbocycles. The number of nitrogens with zero attached hydrogens (tertiary/aromatic N) is 2. The van der Waals surface area contributed by atoms with Gasteiger partial charge < -0.3 is 9.88 Å². The molecule has 92 valence electrons. The zero-order valence-electron chi connectivity index (χ0n) is 10.4. The topological polar surface area (TPSA) is 29.3 Å². The van der Waals surface area contributed by atoms with Crippen LogP contribution in [0.5, 0.6) is 0 Å². The Labute approximate surface area is 111 Å². The highest BCUT2D eigenvalue weighted by molar-refractivity contribution is 6.31. The molecule has 0 spiro atoms. The molecule has 0 saturated heterocycles. The van der Waals surface area contributed by atoms with Gasteiger partial charge in [-0.1, -0.05) is 11.6 Å². The van der Waals surface area contributed by atoms with Gasteiger partial charge in [0.05, 0.1) is 12.2 Å². The molecule has 0 fully saturated rings. The third-order valence-corrected chi connectivity index (χ3v) is 3.41. The Morgan fingerprint density at radius 1 is 1.33 bits per heavy atom. The quantitative estimate of drug-likeness (QED) is 0.837. The first-order chi connectivity index (χ1) is 8.65. The van der Waals surface area contributed by atoms with Gasteiger partial charge in [-0.05, 0) is 31.2 Å². The van der Waals surface area contributed by atoms with Gasteiger partial charge in [-0.3, -0.25) is 4.99 Å². The van der Waals surface area contributed by atoms with E-state index in [4.69, 9.17) is 11.6 Å². The van der Waals surface area contributed by atoms with Crippen molar-refractivity contribution in [2.24, 2.45) is 12.0 Å². The van der Waals surface area contributed by atoms with E-state index in [0.29, 0.717) is 0 Å². The van der Waals surface area contributed by atoms with Gasteiger partial charge in [-0.25, -0.2) is 0 Å². The first-order valence-electron chi connectivity index (χ1n) is 5.88. The summed E-state index contributed by atoms with van der Waals surface area (Å²) < 4.78 is 2.14. The maximum atomic E-state index is 6.03. The molecule has 1 aliphatic rings. The van der Waals surface area contributed by atoms with Crippen molar-refractivity contribution in [3.63, 3.8) is 0 Å². The van der Waals surface area contributed by atoms with E-state index in [-0.39, 0.29) is 0 Å². The predicted molar refractivity (Wildman–Crippen MR) is 77.0 cm³/mol. The summed E-state index contributed by atoms with van der Waals surface area (Å²) in [6.45, 7) is 2.85. The molecule has 1 aliphatic heterocycles. The number of aryl methyl sites for hydroxylation is 1. The van der Waals surface area contributed by atoms with Crippen LogP contribution in [0.25, 0.3) is 16.6 Å². The predicted octanol–water partition coefficient (Wildman–Crippen LogP) is 3.19. The minimum atomic E-state index is 0.759. The van der Waals surface area contributed by atoms with E-state index < -0.39 is 0 Å². The second-order valence-electron chi connectivity index (χ2n) is 4.55. The third kappa shape index (κ3) is 1.81. The van der Waals surface area contributed by atoms with Gasteiger partial charge in [-0.15, -0.1) is 0 Å². The highest BCUT2D eigenvalue weighted by Crippen LogP contribution is 2.27. The summed E-state index contributed by atoms with van der Waals surface area (Å²) in [5.74, 6) is 0. The maximum Gasteiger partial charge on any atom is 0.102 e. The Morgan fingerprint density at radius 3 is 2.94 bits per heavy atom. The van der Waals surface area contributed by atoms with Gasteiger partial charge in [0.25, 0.3) is 0 Å². The second kappa shape index (κ2) is 4.18. The van der Waals surface area contributed by atoms with Crippen molar-refractivity contribution in [1.29, 1.82) is 0 Å². The summed E-state index contributed by atoms with van der Waals surface area (Å²) >= 11 is 6.03. The molecule has 2 aromatic rings. The van der Waals surface area contributed by atoms with Gasteiger partial charge in [0.1, 0.15) is 5.70 Å². The minimum Gasteiger partial charge on any atom is -0.384 e. The number of benzene rings is 1. The van der Waals surface area contributed by atoms with E-state index >= 15 is 0 Å². The summed E-state index contributed by atoms with van der Waals surface area (Å²) in [5.41, 5.74) is 4.32. The van der Waals surface area contributed by atoms with Crippen LogP contribution in [0.4, 0.5) is 0 Å². The number of hydrogen-bond donors (Lipinski definition) is 1. The highest BCUT2D eigenvalue weighted by Gasteiger charge is 2.12. The fourth-order valence-corrected chi connectivity index (χ4v) is 2.45. The monoisotopic (exact) mass is 259 g/mol. The van der Waals surface area contributed by atoms with E-state index in [1.165, 1.54) is 0 Å². The lowest BCUT2D eigenvalue weighted by atomic mass is 10.2. The number of nitrogens with one attached hydrogen (secondary N) is 1. The highest BCUT2D eigenvalue weighted by atomic mass is 35.5. The van der Waals surface area contributed by atoms with Gasteiger partial charge >= 0.3 is 0 Å². The summed E-state index contributed by atoms with van der Waals surface area (Å²) in [6, 6.07) is 8.05. The average Bonchev–Trinajstić information content (AvgIpc) is 2.66. The summed E-state index contributed by atoms with van der Waals surface area (Å²) in [4.78, 5) is 4.59. The van der Waals surface area contributed by atoms with Crippen molar-refractivity contribution in [3.8, 4) is 0 Å².